The van der Waals surface area contributed by atoms with Crippen molar-refractivity contribution in [2.24, 2.45) is 0 Å². The molecule has 0 aliphatic carbocycles. The van der Waals surface area contributed by atoms with E-state index in [1.54, 1.807) is 0 Å². The lowest BCUT2D eigenvalue weighted by Gasteiger charge is -2.30. The molecule has 0 amide bonds. The van der Waals surface area contributed by atoms with Crippen molar-refractivity contribution in [3.8, 4) is 16.9 Å². The van der Waals surface area contributed by atoms with Gasteiger partial charge in [0.15, 0.2) is 0 Å². The number of nitrogens with zero attached hydrogens (tertiary/aromatic N) is 1. The number of hydrogen-bond donors (Lipinski definition) is 0. The first kappa shape index (κ1) is 17.5. The highest BCUT2D eigenvalue weighted by atomic mass is 16.5. The summed E-state index contributed by atoms with van der Waals surface area (Å²) in [7, 11) is 0. The minimum Gasteiger partial charge on any atom is -0.478 e. The lowest BCUT2D eigenvalue weighted by atomic mass is 9.97. The van der Waals surface area contributed by atoms with E-state index >= 15 is 0 Å². The van der Waals surface area contributed by atoms with Crippen LogP contribution in [0.1, 0.15) is 24.0 Å². The largest absolute Gasteiger partial charge is 0.478 e. The number of fused-ring (bicyclic) bond motifs is 3. The summed E-state index contributed by atoms with van der Waals surface area (Å²) in [5, 5.41) is 0.958. The molecule has 1 unspecified atom stereocenters. The number of ether oxygens (including phenoxy) is 2. The number of rotatable bonds is 3. The molecule has 0 radical (unpaired) electrons. The molecular formula is C23H23NO4. The second-order valence-electron chi connectivity index (χ2n) is 7.59. The van der Waals surface area contributed by atoms with Gasteiger partial charge >= 0.3 is 5.63 Å². The first-order chi connectivity index (χ1) is 13.7. The third kappa shape index (κ3) is 3.01. The standard InChI is InChI=1S/C23H23NO4/c1-15-18-9-10-20-19(13-24(14-27-20)12-17-8-5-11-26-17)22(18)28-23(25)21(15)16-6-3-2-4-7-16/h2-4,6-7,9-10,17H,5,8,11-14H2,1H3. The van der Waals surface area contributed by atoms with Crippen LogP contribution in [0.5, 0.6) is 5.75 Å². The summed E-state index contributed by atoms with van der Waals surface area (Å²) < 4.78 is 17.6. The van der Waals surface area contributed by atoms with Crippen LogP contribution in [0.4, 0.5) is 0 Å². The molecule has 2 aliphatic heterocycles. The Morgan fingerprint density at radius 2 is 2.00 bits per heavy atom. The molecule has 1 aromatic heterocycles. The summed E-state index contributed by atoms with van der Waals surface area (Å²) in [6.45, 7) is 4.89. The minimum atomic E-state index is -0.305. The fourth-order valence-electron chi connectivity index (χ4n) is 4.30. The van der Waals surface area contributed by atoms with Gasteiger partial charge in [-0.05, 0) is 43.0 Å². The van der Waals surface area contributed by atoms with E-state index in [0.29, 0.717) is 24.4 Å². The molecule has 144 valence electrons. The molecule has 2 aromatic carbocycles. The predicted molar refractivity (Wildman–Crippen MR) is 108 cm³/mol. The molecule has 5 rings (SSSR count). The van der Waals surface area contributed by atoms with Gasteiger partial charge in [-0.15, -0.1) is 0 Å². The van der Waals surface area contributed by atoms with Gasteiger partial charge in [0.2, 0.25) is 0 Å². The van der Waals surface area contributed by atoms with E-state index in [9.17, 15) is 4.79 Å². The normalized spacial score (nSPS) is 19.5. The monoisotopic (exact) mass is 377 g/mol. The Balaban J connectivity index is 1.57. The fourth-order valence-corrected chi connectivity index (χ4v) is 4.30. The Labute approximate surface area is 163 Å². The third-order valence-electron chi connectivity index (χ3n) is 5.73. The Kier molecular flexibility index (Phi) is 4.41. The van der Waals surface area contributed by atoms with Crippen molar-refractivity contribution in [3.63, 3.8) is 0 Å². The average Bonchev–Trinajstić information content (AvgIpc) is 3.22. The summed E-state index contributed by atoms with van der Waals surface area (Å²) in [5.41, 5.74) is 3.72. The van der Waals surface area contributed by atoms with Crippen molar-refractivity contribution in [2.45, 2.75) is 32.4 Å². The molecule has 2 aliphatic rings. The van der Waals surface area contributed by atoms with Crippen LogP contribution in [0, 0.1) is 6.92 Å². The van der Waals surface area contributed by atoms with Crippen LogP contribution in [0.15, 0.2) is 51.7 Å². The maximum absolute atomic E-state index is 12.9. The van der Waals surface area contributed by atoms with E-state index in [1.807, 2.05) is 49.4 Å². The molecule has 0 N–H and O–H groups in total. The van der Waals surface area contributed by atoms with E-state index < -0.39 is 0 Å². The number of aryl methyl sites for hydroxylation is 1. The van der Waals surface area contributed by atoms with E-state index in [2.05, 4.69) is 4.90 Å². The van der Waals surface area contributed by atoms with Crippen molar-refractivity contribution in [1.29, 1.82) is 0 Å². The van der Waals surface area contributed by atoms with Gasteiger partial charge in [-0.1, -0.05) is 30.3 Å². The van der Waals surface area contributed by atoms with Crippen molar-refractivity contribution in [3.05, 3.63) is 64.0 Å². The average molecular weight is 377 g/mol. The molecule has 1 saturated heterocycles. The van der Waals surface area contributed by atoms with Gasteiger partial charge in [0.05, 0.1) is 17.2 Å². The molecule has 0 bridgehead atoms. The Bertz CT molecular complexity index is 1070. The molecule has 0 saturated carbocycles. The van der Waals surface area contributed by atoms with Crippen molar-refractivity contribution >= 4 is 11.0 Å². The fraction of sp³-hybridized carbons (Fsp3) is 0.348. The summed E-state index contributed by atoms with van der Waals surface area (Å²) in [6.07, 6.45) is 2.47. The quantitative estimate of drug-likeness (QED) is 0.643. The Morgan fingerprint density at radius 3 is 2.79 bits per heavy atom. The zero-order valence-corrected chi connectivity index (χ0v) is 15.9. The Morgan fingerprint density at radius 1 is 1.14 bits per heavy atom. The number of benzene rings is 2. The first-order valence-corrected chi connectivity index (χ1v) is 9.82. The summed E-state index contributed by atoms with van der Waals surface area (Å²) >= 11 is 0. The van der Waals surface area contributed by atoms with Crippen LogP contribution in [-0.4, -0.2) is 30.9 Å². The van der Waals surface area contributed by atoms with Gasteiger partial charge < -0.3 is 13.9 Å². The number of hydrogen-bond acceptors (Lipinski definition) is 5. The minimum absolute atomic E-state index is 0.263. The van der Waals surface area contributed by atoms with Crippen LogP contribution < -0.4 is 10.4 Å². The van der Waals surface area contributed by atoms with Crippen LogP contribution in [0.3, 0.4) is 0 Å². The molecule has 1 atom stereocenters. The van der Waals surface area contributed by atoms with Crippen molar-refractivity contribution in [2.75, 3.05) is 19.9 Å². The molecule has 5 nitrogen and oxygen atoms in total. The van der Waals surface area contributed by atoms with Gasteiger partial charge in [0, 0.05) is 25.1 Å². The van der Waals surface area contributed by atoms with E-state index in [4.69, 9.17) is 13.9 Å². The zero-order valence-electron chi connectivity index (χ0n) is 15.9. The molecule has 0 spiro atoms. The summed E-state index contributed by atoms with van der Waals surface area (Å²) in [4.78, 5) is 15.1. The topological polar surface area (TPSA) is 51.9 Å². The van der Waals surface area contributed by atoms with Crippen LogP contribution in [0.25, 0.3) is 22.1 Å². The molecule has 28 heavy (non-hydrogen) atoms. The second-order valence-corrected chi connectivity index (χ2v) is 7.59. The second kappa shape index (κ2) is 7.08. The maximum atomic E-state index is 12.9. The SMILES string of the molecule is Cc1c(-c2ccccc2)c(=O)oc2c3c(ccc12)OCN(CC1CCCO1)C3. The first-order valence-electron chi connectivity index (χ1n) is 9.82. The van der Waals surface area contributed by atoms with E-state index in [0.717, 1.165) is 53.8 Å². The molecule has 1 fully saturated rings. The van der Waals surface area contributed by atoms with Gasteiger partial charge in [-0.25, -0.2) is 4.79 Å². The van der Waals surface area contributed by atoms with Crippen LogP contribution in [0.2, 0.25) is 0 Å². The van der Waals surface area contributed by atoms with Gasteiger partial charge in [-0.2, -0.15) is 0 Å². The highest BCUT2D eigenvalue weighted by Gasteiger charge is 2.26. The lowest BCUT2D eigenvalue weighted by Crippen LogP contribution is -2.37. The molecular weight excluding hydrogens is 354 g/mol. The van der Waals surface area contributed by atoms with Crippen molar-refractivity contribution in [1.82, 2.24) is 4.90 Å². The zero-order chi connectivity index (χ0) is 19.1. The van der Waals surface area contributed by atoms with Gasteiger partial charge in [0.1, 0.15) is 18.1 Å². The third-order valence-corrected chi connectivity index (χ3v) is 5.73. The van der Waals surface area contributed by atoms with Gasteiger partial charge in [0.25, 0.3) is 0 Å². The summed E-state index contributed by atoms with van der Waals surface area (Å²) in [5.74, 6) is 0.797. The van der Waals surface area contributed by atoms with Crippen molar-refractivity contribution < 1.29 is 13.9 Å². The highest BCUT2D eigenvalue weighted by Crippen LogP contribution is 2.35. The van der Waals surface area contributed by atoms with E-state index in [-0.39, 0.29) is 11.7 Å². The molecule has 3 heterocycles. The lowest BCUT2D eigenvalue weighted by molar-refractivity contribution is 0.0281. The highest BCUT2D eigenvalue weighted by molar-refractivity contribution is 5.90. The smallest absolute Gasteiger partial charge is 0.344 e. The molecule has 5 heteroatoms. The van der Waals surface area contributed by atoms with Gasteiger partial charge in [-0.3, -0.25) is 4.90 Å². The summed E-state index contributed by atoms with van der Waals surface area (Å²) in [6, 6.07) is 13.7. The van der Waals surface area contributed by atoms with E-state index in [1.165, 1.54) is 0 Å². The van der Waals surface area contributed by atoms with Crippen LogP contribution in [-0.2, 0) is 11.3 Å². The van der Waals surface area contributed by atoms with Crippen LogP contribution >= 0.6 is 0 Å². The maximum Gasteiger partial charge on any atom is 0.344 e. The predicted octanol–water partition coefficient (Wildman–Crippen LogP) is 4.10. The Hall–Kier alpha value is -2.63. The molecule has 3 aromatic rings.